The molecular formula is C21H14F4N6O. The number of para-hydroxylation sites is 1. The molecule has 1 aromatic heterocycles. The summed E-state index contributed by atoms with van der Waals surface area (Å²) in [6, 6.07) is 13.8. The quantitative estimate of drug-likeness (QED) is 0.439. The van der Waals surface area contributed by atoms with E-state index < -0.39 is 23.6 Å². The maximum Gasteiger partial charge on any atom is 0.416 e. The Balaban J connectivity index is 1.86. The summed E-state index contributed by atoms with van der Waals surface area (Å²) in [6.07, 6.45) is -4.46. The summed E-state index contributed by atoms with van der Waals surface area (Å²) in [5.41, 5.74) is 6.10. The third-order valence-electron chi connectivity index (χ3n) is 4.68. The van der Waals surface area contributed by atoms with Gasteiger partial charge in [0.2, 0.25) is 5.82 Å². The molecule has 0 atom stereocenters. The number of aromatic amines is 1. The van der Waals surface area contributed by atoms with Crippen LogP contribution in [-0.4, -0.2) is 26.7 Å². The van der Waals surface area contributed by atoms with Crippen LogP contribution in [0.5, 0.6) is 0 Å². The van der Waals surface area contributed by atoms with Gasteiger partial charge in [-0.3, -0.25) is 4.90 Å². The molecule has 0 saturated heterocycles. The van der Waals surface area contributed by atoms with Gasteiger partial charge in [-0.05, 0) is 52.7 Å². The van der Waals surface area contributed by atoms with Gasteiger partial charge in [0, 0.05) is 5.56 Å². The minimum Gasteiger partial charge on any atom is -0.351 e. The van der Waals surface area contributed by atoms with Crippen molar-refractivity contribution in [2.45, 2.75) is 6.18 Å². The second-order valence-electron chi connectivity index (χ2n) is 6.67. The Labute approximate surface area is 178 Å². The fourth-order valence-corrected chi connectivity index (χ4v) is 3.22. The minimum atomic E-state index is -4.46. The summed E-state index contributed by atoms with van der Waals surface area (Å²) in [5.74, 6) is -0.603. The molecule has 0 aliphatic rings. The number of alkyl halides is 3. The van der Waals surface area contributed by atoms with E-state index in [1.165, 1.54) is 36.4 Å². The van der Waals surface area contributed by atoms with Crippen LogP contribution in [-0.2, 0) is 6.18 Å². The van der Waals surface area contributed by atoms with Crippen LogP contribution in [0.3, 0.4) is 0 Å². The van der Waals surface area contributed by atoms with E-state index in [9.17, 15) is 22.4 Å². The number of rotatable bonds is 4. The van der Waals surface area contributed by atoms with Crippen LogP contribution in [0.25, 0.3) is 22.5 Å². The van der Waals surface area contributed by atoms with E-state index in [0.29, 0.717) is 11.1 Å². The maximum atomic E-state index is 14.4. The molecule has 2 amide bonds. The van der Waals surface area contributed by atoms with Gasteiger partial charge in [-0.1, -0.05) is 30.3 Å². The number of hydrogen-bond donors (Lipinski definition) is 2. The molecule has 11 heteroatoms. The first kappa shape index (κ1) is 21.0. The largest absolute Gasteiger partial charge is 0.416 e. The summed E-state index contributed by atoms with van der Waals surface area (Å²) in [5, 5.41) is 13.6. The van der Waals surface area contributed by atoms with Gasteiger partial charge in [0.25, 0.3) is 0 Å². The molecule has 0 spiro atoms. The highest BCUT2D eigenvalue weighted by atomic mass is 19.4. The highest BCUT2D eigenvalue weighted by Crippen LogP contribution is 2.38. The van der Waals surface area contributed by atoms with E-state index in [0.717, 1.165) is 17.0 Å². The van der Waals surface area contributed by atoms with Gasteiger partial charge in [-0.2, -0.15) is 18.4 Å². The molecule has 4 rings (SSSR count). The zero-order valence-electron chi connectivity index (χ0n) is 16.1. The topological polar surface area (TPSA) is 101 Å². The number of carbonyl (C=O) groups is 1. The van der Waals surface area contributed by atoms with Crippen molar-refractivity contribution < 1.29 is 22.4 Å². The average Bonchev–Trinajstić information content (AvgIpc) is 3.29. The SMILES string of the molecule is NC(=O)N(c1ccccc1F)c1ccc(-c2ccc(C(F)(F)F)cc2)cc1-c1nn[nH]n1. The molecule has 0 fully saturated rings. The second-order valence-corrected chi connectivity index (χ2v) is 6.67. The third-order valence-corrected chi connectivity index (χ3v) is 4.68. The van der Waals surface area contributed by atoms with E-state index in [1.807, 2.05) is 0 Å². The zero-order chi connectivity index (χ0) is 22.9. The molecular weight excluding hydrogens is 428 g/mol. The molecule has 0 bridgehead atoms. The molecule has 0 aliphatic heterocycles. The van der Waals surface area contributed by atoms with E-state index in [2.05, 4.69) is 20.6 Å². The number of urea groups is 1. The number of halogens is 4. The highest BCUT2D eigenvalue weighted by molar-refractivity contribution is 6.02. The van der Waals surface area contributed by atoms with Crippen molar-refractivity contribution >= 4 is 17.4 Å². The van der Waals surface area contributed by atoms with Crippen LogP contribution in [0.2, 0.25) is 0 Å². The molecule has 3 aromatic carbocycles. The van der Waals surface area contributed by atoms with Gasteiger partial charge in [0.1, 0.15) is 5.82 Å². The van der Waals surface area contributed by atoms with E-state index in [1.54, 1.807) is 18.2 Å². The van der Waals surface area contributed by atoms with Crippen LogP contribution in [0.1, 0.15) is 5.56 Å². The molecule has 0 unspecified atom stereocenters. The lowest BCUT2D eigenvalue weighted by Gasteiger charge is -2.23. The summed E-state index contributed by atoms with van der Waals surface area (Å²) >= 11 is 0. The molecule has 4 aromatic rings. The van der Waals surface area contributed by atoms with E-state index >= 15 is 0 Å². The lowest BCUT2D eigenvalue weighted by molar-refractivity contribution is -0.137. The molecule has 7 nitrogen and oxygen atoms in total. The Morgan fingerprint density at radius 2 is 1.62 bits per heavy atom. The van der Waals surface area contributed by atoms with Gasteiger partial charge >= 0.3 is 12.2 Å². The molecule has 162 valence electrons. The molecule has 0 aliphatic carbocycles. The maximum absolute atomic E-state index is 14.4. The Kier molecular flexibility index (Phi) is 5.31. The van der Waals surface area contributed by atoms with E-state index in [4.69, 9.17) is 5.73 Å². The standard InChI is InChI=1S/C21H14F4N6O/c22-16-3-1-2-4-18(16)31(20(26)32)17-10-7-13(11-15(17)19-27-29-30-28-19)12-5-8-14(9-6-12)21(23,24)25/h1-11H,(H2,26,32)(H,27,28,29,30). The monoisotopic (exact) mass is 442 g/mol. The predicted octanol–water partition coefficient (Wildman–Crippen LogP) is 4.91. The van der Waals surface area contributed by atoms with Crippen molar-refractivity contribution in [2.75, 3.05) is 4.90 Å². The van der Waals surface area contributed by atoms with Crippen LogP contribution in [0.15, 0.2) is 66.7 Å². The van der Waals surface area contributed by atoms with Gasteiger partial charge in [0.05, 0.1) is 16.9 Å². The Hall–Kier alpha value is -4.28. The van der Waals surface area contributed by atoms with Crippen molar-refractivity contribution in [3.63, 3.8) is 0 Å². The van der Waals surface area contributed by atoms with Crippen molar-refractivity contribution in [1.29, 1.82) is 0 Å². The Bertz CT molecular complexity index is 1260. The Morgan fingerprint density at radius 3 is 2.22 bits per heavy atom. The first-order valence-corrected chi connectivity index (χ1v) is 9.15. The number of benzene rings is 3. The normalized spacial score (nSPS) is 11.4. The molecule has 0 radical (unpaired) electrons. The minimum absolute atomic E-state index is 0.0800. The number of nitrogens with zero attached hydrogens (tertiary/aromatic N) is 4. The van der Waals surface area contributed by atoms with Crippen LogP contribution >= 0.6 is 0 Å². The zero-order valence-corrected chi connectivity index (χ0v) is 16.1. The molecule has 3 N–H and O–H groups in total. The number of nitrogens with one attached hydrogen (secondary N) is 1. The average molecular weight is 442 g/mol. The molecule has 1 heterocycles. The number of amides is 2. The number of H-pyrrole nitrogens is 1. The number of anilines is 2. The van der Waals surface area contributed by atoms with Crippen LogP contribution < -0.4 is 10.6 Å². The first-order chi connectivity index (χ1) is 15.3. The van der Waals surface area contributed by atoms with Crippen molar-refractivity contribution in [3.8, 4) is 22.5 Å². The number of carbonyl (C=O) groups excluding carboxylic acids is 1. The Morgan fingerprint density at radius 1 is 0.938 bits per heavy atom. The first-order valence-electron chi connectivity index (χ1n) is 9.15. The molecule has 0 saturated carbocycles. The lowest BCUT2D eigenvalue weighted by atomic mass is 9.99. The summed E-state index contributed by atoms with van der Waals surface area (Å²) in [4.78, 5) is 13.2. The number of nitrogens with two attached hydrogens (primary N) is 1. The molecule has 32 heavy (non-hydrogen) atoms. The number of primary amides is 1. The van der Waals surface area contributed by atoms with Gasteiger partial charge in [0.15, 0.2) is 0 Å². The fourth-order valence-electron chi connectivity index (χ4n) is 3.22. The summed E-state index contributed by atoms with van der Waals surface area (Å²) < 4.78 is 53.1. The summed E-state index contributed by atoms with van der Waals surface area (Å²) in [7, 11) is 0. The van der Waals surface area contributed by atoms with Crippen LogP contribution in [0, 0.1) is 5.82 Å². The predicted molar refractivity (Wildman–Crippen MR) is 108 cm³/mol. The number of tetrazole rings is 1. The van der Waals surface area contributed by atoms with Crippen molar-refractivity contribution in [3.05, 3.63) is 78.1 Å². The third kappa shape index (κ3) is 4.00. The fraction of sp³-hybridized carbons (Fsp3) is 0.0476. The highest BCUT2D eigenvalue weighted by Gasteiger charge is 2.30. The van der Waals surface area contributed by atoms with Gasteiger partial charge in [-0.25, -0.2) is 9.18 Å². The smallest absolute Gasteiger partial charge is 0.351 e. The van der Waals surface area contributed by atoms with Gasteiger partial charge in [-0.15, -0.1) is 10.2 Å². The number of hydrogen-bond acceptors (Lipinski definition) is 4. The van der Waals surface area contributed by atoms with Crippen LogP contribution in [0.4, 0.5) is 33.7 Å². The second kappa shape index (κ2) is 8.10. The lowest BCUT2D eigenvalue weighted by Crippen LogP contribution is -2.32. The van der Waals surface area contributed by atoms with E-state index in [-0.39, 0.29) is 22.8 Å². The summed E-state index contributed by atoms with van der Waals surface area (Å²) in [6.45, 7) is 0. The van der Waals surface area contributed by atoms with Crippen molar-refractivity contribution in [2.24, 2.45) is 5.73 Å². The van der Waals surface area contributed by atoms with Gasteiger partial charge < -0.3 is 5.73 Å². The van der Waals surface area contributed by atoms with Crippen molar-refractivity contribution in [1.82, 2.24) is 20.6 Å². The number of aromatic nitrogens is 4.